The van der Waals surface area contributed by atoms with Gasteiger partial charge >= 0.3 is 0 Å². The van der Waals surface area contributed by atoms with Crippen LogP contribution in [0.4, 0.5) is 20.2 Å². The Morgan fingerprint density at radius 1 is 1.12 bits per heavy atom. The van der Waals surface area contributed by atoms with Crippen LogP contribution in [0.2, 0.25) is 10.0 Å². The Bertz CT molecular complexity index is 795. The van der Waals surface area contributed by atoms with Gasteiger partial charge in [0.25, 0.3) is 0 Å². The number of halogens is 4. The van der Waals surface area contributed by atoms with Crippen molar-refractivity contribution in [2.24, 2.45) is 0 Å². The number of benzene rings is 2. The smallest absolute Gasteiger partial charge is 0.226 e. The van der Waals surface area contributed by atoms with Gasteiger partial charge in [-0.25, -0.2) is 8.78 Å². The number of carbonyl (C=O) groups excluding carboxylic acids is 2. The van der Waals surface area contributed by atoms with E-state index in [1.165, 1.54) is 18.2 Å². The van der Waals surface area contributed by atoms with Gasteiger partial charge in [0, 0.05) is 24.9 Å². The molecule has 0 saturated heterocycles. The lowest BCUT2D eigenvalue weighted by atomic mass is 10.2. The van der Waals surface area contributed by atoms with Crippen LogP contribution in [0.3, 0.4) is 0 Å². The van der Waals surface area contributed by atoms with Gasteiger partial charge in [-0.1, -0.05) is 29.3 Å². The maximum atomic E-state index is 13.9. The van der Waals surface area contributed by atoms with Crippen molar-refractivity contribution < 1.29 is 18.4 Å². The number of hydrogen-bond donors (Lipinski definition) is 1. The molecule has 0 unspecified atom stereocenters. The largest absolute Gasteiger partial charge is 0.325 e. The summed E-state index contributed by atoms with van der Waals surface area (Å²) in [5.41, 5.74) is -0.172. The Hall–Kier alpha value is -2.18. The molecule has 2 aromatic carbocycles. The number of carbonyl (C=O) groups is 2. The van der Waals surface area contributed by atoms with Crippen LogP contribution in [0.15, 0.2) is 36.4 Å². The van der Waals surface area contributed by atoms with Crippen LogP contribution in [0.25, 0.3) is 0 Å². The summed E-state index contributed by atoms with van der Waals surface area (Å²) in [5, 5.41) is 3.23. The van der Waals surface area contributed by atoms with E-state index in [2.05, 4.69) is 5.32 Å². The Morgan fingerprint density at radius 2 is 1.76 bits per heavy atom. The molecule has 0 saturated carbocycles. The molecule has 2 rings (SSSR count). The van der Waals surface area contributed by atoms with E-state index in [9.17, 15) is 18.4 Å². The van der Waals surface area contributed by atoms with Gasteiger partial charge in [0.05, 0.1) is 10.7 Å². The van der Waals surface area contributed by atoms with E-state index >= 15 is 0 Å². The van der Waals surface area contributed by atoms with Crippen molar-refractivity contribution in [1.82, 2.24) is 0 Å². The maximum absolute atomic E-state index is 13.9. The van der Waals surface area contributed by atoms with Crippen molar-refractivity contribution in [3.63, 3.8) is 0 Å². The molecule has 0 fully saturated rings. The van der Waals surface area contributed by atoms with Crippen LogP contribution in [-0.2, 0) is 9.59 Å². The third kappa shape index (κ3) is 4.90. The number of nitrogens with zero attached hydrogens (tertiary/aromatic N) is 1. The van der Waals surface area contributed by atoms with Gasteiger partial charge in [0.15, 0.2) is 0 Å². The zero-order valence-electron chi connectivity index (χ0n) is 13.2. The molecule has 8 heteroatoms. The fourth-order valence-electron chi connectivity index (χ4n) is 2.19. The van der Waals surface area contributed by atoms with Crippen molar-refractivity contribution in [2.45, 2.75) is 13.3 Å². The van der Waals surface area contributed by atoms with Crippen molar-refractivity contribution in [3.05, 3.63) is 58.1 Å². The summed E-state index contributed by atoms with van der Waals surface area (Å²) in [5.74, 6) is -2.83. The molecular formula is C17H14Cl2F2N2O2. The third-order valence-electron chi connectivity index (χ3n) is 3.35. The first-order valence-corrected chi connectivity index (χ1v) is 8.02. The zero-order valence-corrected chi connectivity index (χ0v) is 14.7. The highest BCUT2D eigenvalue weighted by Crippen LogP contribution is 2.26. The number of para-hydroxylation sites is 1. The highest BCUT2D eigenvalue weighted by atomic mass is 35.5. The second kappa shape index (κ2) is 8.27. The van der Waals surface area contributed by atoms with Crippen molar-refractivity contribution >= 4 is 46.4 Å². The maximum Gasteiger partial charge on any atom is 0.226 e. The summed E-state index contributed by atoms with van der Waals surface area (Å²) in [7, 11) is 0. The minimum atomic E-state index is -0.881. The Kier molecular flexibility index (Phi) is 6.33. The van der Waals surface area contributed by atoms with Crippen LogP contribution in [0, 0.1) is 11.6 Å². The number of nitrogens with one attached hydrogen (secondary N) is 1. The summed E-state index contributed by atoms with van der Waals surface area (Å²) in [4.78, 5) is 24.7. The molecule has 2 aromatic rings. The van der Waals surface area contributed by atoms with Crippen LogP contribution < -0.4 is 10.2 Å². The molecule has 0 aliphatic heterocycles. The van der Waals surface area contributed by atoms with Gasteiger partial charge in [-0.2, -0.15) is 0 Å². The molecule has 0 aliphatic carbocycles. The molecule has 1 N–H and O–H groups in total. The van der Waals surface area contributed by atoms with Crippen LogP contribution in [0.1, 0.15) is 13.3 Å². The van der Waals surface area contributed by atoms with Crippen LogP contribution >= 0.6 is 23.2 Å². The topological polar surface area (TPSA) is 49.4 Å². The lowest BCUT2D eigenvalue weighted by Crippen LogP contribution is -2.33. The minimum absolute atomic E-state index is 0.184. The van der Waals surface area contributed by atoms with Crippen LogP contribution in [-0.4, -0.2) is 18.4 Å². The highest BCUT2D eigenvalue weighted by Gasteiger charge is 2.21. The molecule has 25 heavy (non-hydrogen) atoms. The molecule has 0 heterocycles. The molecule has 0 aliphatic rings. The zero-order chi connectivity index (χ0) is 18.6. The molecular weight excluding hydrogens is 373 g/mol. The SMILES string of the molecule is CC(=O)N(CCC(=O)Nc1cc(Cl)ccc1Cl)c1c(F)cccc1F. The van der Waals surface area contributed by atoms with E-state index in [4.69, 9.17) is 23.2 Å². The van der Waals surface area contributed by atoms with E-state index in [1.54, 1.807) is 6.07 Å². The Labute approximate surface area is 153 Å². The Morgan fingerprint density at radius 3 is 2.36 bits per heavy atom. The summed E-state index contributed by atoms with van der Waals surface area (Å²) in [6.45, 7) is 0.967. The molecule has 0 atom stereocenters. The average molecular weight is 387 g/mol. The van der Waals surface area contributed by atoms with Gasteiger partial charge < -0.3 is 10.2 Å². The Balaban J connectivity index is 2.10. The van der Waals surface area contributed by atoms with Gasteiger partial charge in [0.1, 0.15) is 17.3 Å². The summed E-state index contributed by atoms with van der Waals surface area (Å²) >= 11 is 11.8. The first-order chi connectivity index (χ1) is 11.8. The molecule has 0 radical (unpaired) electrons. The van der Waals surface area contributed by atoms with E-state index in [1.807, 2.05) is 0 Å². The molecule has 0 spiro atoms. The predicted octanol–water partition coefficient (Wildman–Crippen LogP) is 4.65. The fourth-order valence-corrected chi connectivity index (χ4v) is 2.53. The van der Waals surface area contributed by atoms with Crippen LogP contribution in [0.5, 0.6) is 0 Å². The molecule has 2 amide bonds. The first kappa shape index (κ1) is 19.1. The standard InChI is InChI=1S/C17H14Cl2F2N2O2/c1-10(24)23(17-13(20)3-2-4-14(17)21)8-7-16(25)22-15-9-11(18)5-6-12(15)19/h2-6,9H,7-8H2,1H3,(H,22,25). The summed E-state index contributed by atoms with van der Waals surface area (Å²) < 4.78 is 27.7. The lowest BCUT2D eigenvalue weighted by molar-refractivity contribution is -0.117. The molecule has 132 valence electrons. The number of hydrogen-bond acceptors (Lipinski definition) is 2. The highest BCUT2D eigenvalue weighted by molar-refractivity contribution is 6.35. The third-order valence-corrected chi connectivity index (χ3v) is 3.92. The van der Waals surface area contributed by atoms with Crippen molar-refractivity contribution in [2.75, 3.05) is 16.8 Å². The van der Waals surface area contributed by atoms with E-state index in [0.29, 0.717) is 15.7 Å². The van der Waals surface area contributed by atoms with Gasteiger partial charge in [-0.15, -0.1) is 0 Å². The summed E-state index contributed by atoms with van der Waals surface area (Å²) in [6.07, 6.45) is -0.184. The average Bonchev–Trinajstić information content (AvgIpc) is 2.53. The van der Waals surface area contributed by atoms with Gasteiger partial charge in [-0.05, 0) is 30.3 Å². The number of amides is 2. The molecule has 0 aromatic heterocycles. The monoisotopic (exact) mass is 386 g/mol. The van der Waals surface area contributed by atoms with E-state index < -0.39 is 29.1 Å². The van der Waals surface area contributed by atoms with Gasteiger partial charge in [-0.3, -0.25) is 9.59 Å². The fraction of sp³-hybridized carbons (Fsp3) is 0.176. The van der Waals surface area contributed by atoms with E-state index in [0.717, 1.165) is 24.0 Å². The second-order valence-corrected chi connectivity index (χ2v) is 6.01. The first-order valence-electron chi connectivity index (χ1n) is 7.26. The van der Waals surface area contributed by atoms with Crippen molar-refractivity contribution in [1.29, 1.82) is 0 Å². The van der Waals surface area contributed by atoms with E-state index in [-0.39, 0.29) is 13.0 Å². The minimum Gasteiger partial charge on any atom is -0.325 e. The number of rotatable bonds is 5. The summed E-state index contributed by atoms with van der Waals surface area (Å²) in [6, 6.07) is 7.84. The van der Waals surface area contributed by atoms with Crippen molar-refractivity contribution in [3.8, 4) is 0 Å². The number of anilines is 2. The predicted molar refractivity (Wildman–Crippen MR) is 94.1 cm³/mol. The lowest BCUT2D eigenvalue weighted by Gasteiger charge is -2.22. The normalized spacial score (nSPS) is 10.4. The quantitative estimate of drug-likeness (QED) is 0.812. The second-order valence-electron chi connectivity index (χ2n) is 5.16. The molecule has 4 nitrogen and oxygen atoms in total. The molecule has 0 bridgehead atoms. The van der Waals surface area contributed by atoms with Gasteiger partial charge in [0.2, 0.25) is 11.8 Å².